The van der Waals surface area contributed by atoms with E-state index in [0.29, 0.717) is 17.4 Å². The number of methoxy groups -OCH3 is 1. The summed E-state index contributed by atoms with van der Waals surface area (Å²) in [6, 6.07) is 9.22. The molecule has 34 heavy (non-hydrogen) atoms. The maximum absolute atomic E-state index is 14.4. The van der Waals surface area contributed by atoms with Gasteiger partial charge in [-0.2, -0.15) is 17.0 Å². The number of ether oxygens (including phenoxy) is 1. The van der Waals surface area contributed by atoms with Gasteiger partial charge in [-0.1, -0.05) is 12.1 Å². The maximum atomic E-state index is 14.4. The van der Waals surface area contributed by atoms with Crippen LogP contribution in [0.15, 0.2) is 47.4 Å². The molecule has 1 saturated heterocycles. The molecule has 0 bridgehead atoms. The normalized spacial score (nSPS) is 14.9. The summed E-state index contributed by atoms with van der Waals surface area (Å²) in [5.74, 6) is -1.46. The maximum Gasteiger partial charge on any atom is 0.304 e. The van der Waals surface area contributed by atoms with E-state index in [1.54, 1.807) is 0 Å². The van der Waals surface area contributed by atoms with Gasteiger partial charge >= 0.3 is 10.2 Å². The van der Waals surface area contributed by atoms with E-state index in [1.165, 1.54) is 61.9 Å². The summed E-state index contributed by atoms with van der Waals surface area (Å²) in [6.45, 7) is 0.0692. The second-order valence-electron chi connectivity index (χ2n) is 7.77. The van der Waals surface area contributed by atoms with E-state index in [0.717, 1.165) is 23.2 Å². The van der Waals surface area contributed by atoms with Crippen LogP contribution in [-0.4, -0.2) is 72.2 Å². The van der Waals surface area contributed by atoms with Crippen molar-refractivity contribution >= 4 is 37.5 Å². The van der Waals surface area contributed by atoms with Gasteiger partial charge in [0.2, 0.25) is 15.9 Å². The van der Waals surface area contributed by atoms with Crippen molar-refractivity contribution in [2.24, 2.45) is 0 Å². The number of nitrogens with one attached hydrogen (secondary N) is 1. The van der Waals surface area contributed by atoms with Crippen molar-refractivity contribution in [3.8, 4) is 5.75 Å². The molecule has 2 aromatic rings. The molecule has 1 amide bonds. The number of sulfonamides is 1. The highest BCUT2D eigenvalue weighted by Gasteiger charge is 2.31. The van der Waals surface area contributed by atoms with Crippen LogP contribution in [0.4, 0.5) is 15.8 Å². The van der Waals surface area contributed by atoms with Crippen LogP contribution in [0.3, 0.4) is 0 Å². The summed E-state index contributed by atoms with van der Waals surface area (Å²) < 4.78 is 74.0. The molecule has 0 saturated carbocycles. The Morgan fingerprint density at radius 1 is 1.09 bits per heavy atom. The monoisotopic (exact) mass is 514 g/mol. The molecule has 1 N–H and O–H groups in total. The first-order chi connectivity index (χ1) is 16.0. The van der Waals surface area contributed by atoms with Crippen molar-refractivity contribution in [2.75, 3.05) is 50.5 Å². The van der Waals surface area contributed by atoms with Crippen molar-refractivity contribution < 1.29 is 30.8 Å². The average Bonchev–Trinajstić information content (AvgIpc) is 3.34. The Hall–Kier alpha value is -2.74. The van der Waals surface area contributed by atoms with Gasteiger partial charge in [-0.05, 0) is 43.2 Å². The van der Waals surface area contributed by atoms with Gasteiger partial charge in [0.25, 0.3) is 0 Å². The predicted octanol–water partition coefficient (Wildman–Crippen LogP) is 1.87. The molecular formula is C21H27FN4O6S2. The van der Waals surface area contributed by atoms with Gasteiger partial charge in [0.05, 0.1) is 23.4 Å². The first kappa shape index (κ1) is 25.9. The number of halogens is 1. The number of carbonyl (C=O) groups excluding carboxylic acids is 1. The number of carbonyl (C=O) groups is 1. The van der Waals surface area contributed by atoms with Crippen LogP contribution in [0.25, 0.3) is 0 Å². The number of nitrogens with zero attached hydrogens (tertiary/aromatic N) is 3. The third-order valence-corrected chi connectivity index (χ3v) is 9.00. The van der Waals surface area contributed by atoms with E-state index in [1.807, 2.05) is 0 Å². The van der Waals surface area contributed by atoms with E-state index in [9.17, 15) is 26.0 Å². The van der Waals surface area contributed by atoms with Crippen LogP contribution >= 0.6 is 0 Å². The minimum atomic E-state index is -4.23. The molecule has 1 aliphatic heterocycles. The summed E-state index contributed by atoms with van der Waals surface area (Å²) >= 11 is 0. The Labute approximate surface area is 199 Å². The molecule has 13 heteroatoms. The molecule has 0 radical (unpaired) electrons. The highest BCUT2D eigenvalue weighted by atomic mass is 32.2. The third kappa shape index (κ3) is 5.32. The Balaban J connectivity index is 1.92. The standard InChI is InChI=1S/C21H27FN4O6S2/c1-24(2)34(30,31)26(19-9-5-4-8-17(19)22)15-21(27)23-18-14-16(10-11-20(18)32-3)33(28,29)25-12-6-7-13-25/h4-5,8-11,14H,6-7,12-13,15H2,1-3H3,(H,23,27). The molecule has 0 spiro atoms. The lowest BCUT2D eigenvalue weighted by atomic mass is 10.3. The van der Waals surface area contributed by atoms with Crippen molar-refractivity contribution in [1.29, 1.82) is 0 Å². The number of anilines is 2. The lowest BCUT2D eigenvalue weighted by molar-refractivity contribution is -0.114. The van der Waals surface area contributed by atoms with Crippen LogP contribution in [0.2, 0.25) is 0 Å². The van der Waals surface area contributed by atoms with Crippen molar-refractivity contribution in [3.63, 3.8) is 0 Å². The topological polar surface area (TPSA) is 116 Å². The van der Waals surface area contributed by atoms with Crippen molar-refractivity contribution in [3.05, 3.63) is 48.3 Å². The van der Waals surface area contributed by atoms with Crippen LogP contribution in [0.5, 0.6) is 5.75 Å². The Morgan fingerprint density at radius 2 is 1.74 bits per heavy atom. The van der Waals surface area contributed by atoms with E-state index >= 15 is 0 Å². The van der Waals surface area contributed by atoms with Crippen LogP contribution < -0.4 is 14.4 Å². The van der Waals surface area contributed by atoms with Gasteiger partial charge in [0, 0.05) is 27.2 Å². The van der Waals surface area contributed by atoms with Gasteiger partial charge in [-0.3, -0.25) is 4.79 Å². The Bertz CT molecular complexity index is 1260. The fraction of sp³-hybridized carbons (Fsp3) is 0.381. The van der Waals surface area contributed by atoms with Crippen LogP contribution in [0.1, 0.15) is 12.8 Å². The smallest absolute Gasteiger partial charge is 0.304 e. The number of benzene rings is 2. The zero-order chi connectivity index (χ0) is 25.1. The summed E-state index contributed by atoms with van der Waals surface area (Å²) in [5, 5.41) is 2.50. The molecule has 1 heterocycles. The summed E-state index contributed by atoms with van der Waals surface area (Å²) in [7, 11) is -4.12. The second-order valence-corrected chi connectivity index (χ2v) is 11.8. The Morgan fingerprint density at radius 3 is 2.32 bits per heavy atom. The SMILES string of the molecule is COc1ccc(S(=O)(=O)N2CCCC2)cc1NC(=O)CN(c1ccccc1F)S(=O)(=O)N(C)C. The molecule has 1 aliphatic rings. The molecule has 186 valence electrons. The van der Waals surface area contributed by atoms with E-state index in [2.05, 4.69) is 5.32 Å². The highest BCUT2D eigenvalue weighted by Crippen LogP contribution is 2.30. The van der Waals surface area contributed by atoms with E-state index < -0.39 is 38.5 Å². The van der Waals surface area contributed by atoms with Gasteiger partial charge in [0.1, 0.15) is 18.1 Å². The van der Waals surface area contributed by atoms with Crippen molar-refractivity contribution in [2.45, 2.75) is 17.7 Å². The molecule has 2 aromatic carbocycles. The average molecular weight is 515 g/mol. The van der Waals surface area contributed by atoms with Gasteiger partial charge in [-0.15, -0.1) is 0 Å². The summed E-state index contributed by atoms with van der Waals surface area (Å²) in [5.41, 5.74) is -0.257. The van der Waals surface area contributed by atoms with E-state index in [4.69, 9.17) is 4.74 Å². The van der Waals surface area contributed by atoms with E-state index in [-0.39, 0.29) is 22.0 Å². The lowest BCUT2D eigenvalue weighted by Crippen LogP contribution is -2.44. The molecular weight excluding hydrogens is 487 g/mol. The first-order valence-electron chi connectivity index (χ1n) is 10.4. The van der Waals surface area contributed by atoms with Crippen LogP contribution in [0, 0.1) is 5.82 Å². The largest absolute Gasteiger partial charge is 0.495 e. The number of amides is 1. The molecule has 10 nitrogen and oxygen atoms in total. The van der Waals surface area contributed by atoms with Crippen molar-refractivity contribution in [1.82, 2.24) is 8.61 Å². The lowest BCUT2D eigenvalue weighted by Gasteiger charge is -2.27. The summed E-state index contributed by atoms with van der Waals surface area (Å²) in [4.78, 5) is 12.9. The molecule has 0 aromatic heterocycles. The number of hydrogen-bond acceptors (Lipinski definition) is 6. The fourth-order valence-electron chi connectivity index (χ4n) is 3.49. The van der Waals surface area contributed by atoms with Gasteiger partial charge in [0.15, 0.2) is 0 Å². The van der Waals surface area contributed by atoms with Crippen LogP contribution in [-0.2, 0) is 25.0 Å². The molecule has 0 atom stereocenters. The third-order valence-electron chi connectivity index (χ3n) is 5.30. The minimum Gasteiger partial charge on any atom is -0.495 e. The molecule has 1 fully saturated rings. The molecule has 0 aliphatic carbocycles. The molecule has 3 rings (SSSR count). The quantitative estimate of drug-likeness (QED) is 0.546. The van der Waals surface area contributed by atoms with Gasteiger partial charge in [-0.25, -0.2) is 17.1 Å². The number of hydrogen-bond donors (Lipinski definition) is 1. The summed E-state index contributed by atoms with van der Waals surface area (Å²) in [6.07, 6.45) is 1.54. The molecule has 0 unspecified atom stereocenters. The first-order valence-corrected chi connectivity index (χ1v) is 13.2. The Kier molecular flexibility index (Phi) is 7.81. The second kappa shape index (κ2) is 10.3. The van der Waals surface area contributed by atoms with Gasteiger partial charge < -0.3 is 10.1 Å². The zero-order valence-electron chi connectivity index (χ0n) is 19.1. The predicted molar refractivity (Wildman–Crippen MR) is 126 cm³/mol. The minimum absolute atomic E-state index is 0.0302. The number of rotatable bonds is 9. The number of para-hydroxylation sites is 1. The zero-order valence-corrected chi connectivity index (χ0v) is 20.7. The highest BCUT2D eigenvalue weighted by molar-refractivity contribution is 7.90. The fourth-order valence-corrected chi connectivity index (χ4v) is 6.10.